The fraction of sp³-hybridized carbons (Fsp3) is 0.611. The summed E-state index contributed by atoms with van der Waals surface area (Å²) in [6, 6.07) is 6.05. The van der Waals surface area contributed by atoms with Crippen LogP contribution in [0.1, 0.15) is 31.4 Å². The number of likely N-dealkylation sites (tertiary alicyclic amines) is 1. The second kappa shape index (κ2) is 6.97. The Morgan fingerprint density at radius 1 is 1.22 bits per heavy atom. The molecule has 5 heteroatoms. The molecule has 2 N–H and O–H groups in total. The Balaban J connectivity index is 1.53. The number of amides is 1. The van der Waals surface area contributed by atoms with Gasteiger partial charge in [-0.25, -0.2) is 4.39 Å². The summed E-state index contributed by atoms with van der Waals surface area (Å²) in [4.78, 5) is 14.5. The molecule has 0 radical (unpaired) electrons. The summed E-state index contributed by atoms with van der Waals surface area (Å²) >= 11 is 0. The van der Waals surface area contributed by atoms with Gasteiger partial charge in [-0.3, -0.25) is 4.79 Å². The van der Waals surface area contributed by atoms with Crippen molar-refractivity contribution in [3.63, 3.8) is 0 Å². The summed E-state index contributed by atoms with van der Waals surface area (Å²) in [5.41, 5.74) is 0.755. The van der Waals surface area contributed by atoms with Gasteiger partial charge in [0.2, 0.25) is 5.91 Å². The molecule has 3 rings (SSSR count). The lowest BCUT2D eigenvalue weighted by molar-refractivity contribution is -0.139. The number of piperidine rings is 1. The normalized spacial score (nSPS) is 22.5. The minimum absolute atomic E-state index is 0.0785. The first-order chi connectivity index (χ1) is 11.1. The highest BCUT2D eigenvalue weighted by atomic mass is 19.1. The molecule has 2 saturated heterocycles. The van der Waals surface area contributed by atoms with E-state index in [-0.39, 0.29) is 23.6 Å². The highest BCUT2D eigenvalue weighted by Gasteiger charge is 2.34. The van der Waals surface area contributed by atoms with Crippen LogP contribution in [0.2, 0.25) is 0 Å². The van der Waals surface area contributed by atoms with Crippen molar-refractivity contribution in [3.8, 4) is 0 Å². The summed E-state index contributed by atoms with van der Waals surface area (Å²) in [7, 11) is 0. The number of aliphatic hydroxyl groups excluding tert-OH is 1. The minimum Gasteiger partial charge on any atom is -0.388 e. The summed E-state index contributed by atoms with van der Waals surface area (Å²) in [6.45, 7) is 5.30. The quantitative estimate of drug-likeness (QED) is 0.892. The molecule has 2 atom stereocenters. The molecule has 0 saturated carbocycles. The van der Waals surface area contributed by atoms with Crippen LogP contribution in [0, 0.1) is 23.6 Å². The first-order valence-corrected chi connectivity index (χ1v) is 8.49. The van der Waals surface area contributed by atoms with E-state index >= 15 is 0 Å². The van der Waals surface area contributed by atoms with Crippen LogP contribution >= 0.6 is 0 Å². The van der Waals surface area contributed by atoms with Gasteiger partial charge in [-0.2, -0.15) is 0 Å². The predicted molar refractivity (Wildman–Crippen MR) is 86.2 cm³/mol. The summed E-state index contributed by atoms with van der Waals surface area (Å²) in [5, 5.41) is 13.7. The predicted octanol–water partition coefficient (Wildman–Crippen LogP) is 1.95. The highest BCUT2D eigenvalue weighted by molar-refractivity contribution is 5.79. The van der Waals surface area contributed by atoms with Crippen molar-refractivity contribution in [2.24, 2.45) is 17.8 Å². The molecular weight excluding hydrogens is 295 g/mol. The second-order valence-electron chi connectivity index (χ2n) is 6.87. The van der Waals surface area contributed by atoms with Crippen LogP contribution in [-0.4, -0.2) is 42.1 Å². The molecule has 0 aliphatic carbocycles. The van der Waals surface area contributed by atoms with E-state index in [9.17, 15) is 14.3 Å². The van der Waals surface area contributed by atoms with Gasteiger partial charge in [0.15, 0.2) is 0 Å². The largest absolute Gasteiger partial charge is 0.388 e. The van der Waals surface area contributed by atoms with Crippen LogP contribution in [0.25, 0.3) is 0 Å². The molecule has 2 fully saturated rings. The van der Waals surface area contributed by atoms with Crippen LogP contribution in [0.5, 0.6) is 0 Å². The molecule has 1 amide bonds. The zero-order valence-corrected chi connectivity index (χ0v) is 13.5. The van der Waals surface area contributed by atoms with E-state index in [0.717, 1.165) is 31.5 Å². The van der Waals surface area contributed by atoms with Gasteiger partial charge in [0.25, 0.3) is 0 Å². The number of carbonyl (C=O) groups is 1. The van der Waals surface area contributed by atoms with Gasteiger partial charge < -0.3 is 15.3 Å². The Kier molecular flexibility index (Phi) is 4.97. The number of halogens is 1. The van der Waals surface area contributed by atoms with E-state index in [1.807, 2.05) is 11.8 Å². The molecule has 2 aliphatic heterocycles. The molecular formula is C18H25FN2O2. The molecule has 4 nitrogen and oxygen atoms in total. The first kappa shape index (κ1) is 16.4. The Bertz CT molecular complexity index is 536. The third-order valence-electron chi connectivity index (χ3n) is 5.42. The van der Waals surface area contributed by atoms with Gasteiger partial charge in [-0.1, -0.05) is 19.1 Å². The van der Waals surface area contributed by atoms with Crippen molar-refractivity contribution in [3.05, 3.63) is 35.6 Å². The lowest BCUT2D eigenvalue weighted by Gasteiger charge is -2.39. The standard InChI is InChI=1S/C18H25FN2O2/c1-12(15-10-20-11-15)18(23)21-8-6-14(7-9-21)17(22)13-2-4-16(19)5-3-13/h2-5,12,14-15,17,20,22H,6-11H2,1H3. The van der Waals surface area contributed by atoms with Crippen LogP contribution in [0.4, 0.5) is 4.39 Å². The van der Waals surface area contributed by atoms with Gasteiger partial charge >= 0.3 is 0 Å². The maximum absolute atomic E-state index is 13.0. The SMILES string of the molecule is CC(C(=O)N1CCC(C(O)c2ccc(F)cc2)CC1)C1CNC1. The average molecular weight is 320 g/mol. The lowest BCUT2D eigenvalue weighted by atomic mass is 9.85. The summed E-state index contributed by atoms with van der Waals surface area (Å²) in [5.74, 6) is 0.622. The fourth-order valence-corrected chi connectivity index (χ4v) is 3.52. The van der Waals surface area contributed by atoms with Gasteiger partial charge in [0.05, 0.1) is 6.10 Å². The first-order valence-electron chi connectivity index (χ1n) is 8.49. The number of aliphatic hydroxyl groups is 1. The number of carbonyl (C=O) groups excluding carboxylic acids is 1. The molecule has 1 aromatic carbocycles. The van der Waals surface area contributed by atoms with Crippen molar-refractivity contribution in [2.75, 3.05) is 26.2 Å². The Morgan fingerprint density at radius 2 is 1.83 bits per heavy atom. The number of nitrogens with one attached hydrogen (secondary N) is 1. The van der Waals surface area contributed by atoms with Gasteiger partial charge in [-0.15, -0.1) is 0 Å². The maximum atomic E-state index is 13.0. The van der Waals surface area contributed by atoms with Gasteiger partial charge in [0, 0.05) is 19.0 Å². The van der Waals surface area contributed by atoms with Crippen LogP contribution in [0.15, 0.2) is 24.3 Å². The van der Waals surface area contributed by atoms with Crippen molar-refractivity contribution in [1.29, 1.82) is 0 Å². The smallest absolute Gasteiger partial charge is 0.225 e. The molecule has 126 valence electrons. The van der Waals surface area contributed by atoms with Crippen LogP contribution < -0.4 is 5.32 Å². The minimum atomic E-state index is -0.582. The van der Waals surface area contributed by atoms with E-state index in [1.54, 1.807) is 12.1 Å². The van der Waals surface area contributed by atoms with Crippen molar-refractivity contribution >= 4 is 5.91 Å². The monoisotopic (exact) mass is 320 g/mol. The van der Waals surface area contributed by atoms with Crippen LogP contribution in [0.3, 0.4) is 0 Å². The summed E-state index contributed by atoms with van der Waals surface area (Å²) in [6.07, 6.45) is 1.00. The fourth-order valence-electron chi connectivity index (χ4n) is 3.52. The number of rotatable bonds is 4. The van der Waals surface area contributed by atoms with E-state index in [4.69, 9.17) is 0 Å². The molecule has 2 aliphatic rings. The molecule has 23 heavy (non-hydrogen) atoms. The summed E-state index contributed by atoms with van der Waals surface area (Å²) < 4.78 is 13.0. The van der Waals surface area contributed by atoms with Gasteiger partial charge in [0.1, 0.15) is 5.82 Å². The zero-order valence-electron chi connectivity index (χ0n) is 13.5. The van der Waals surface area contributed by atoms with Crippen molar-refractivity contribution in [2.45, 2.75) is 25.9 Å². The van der Waals surface area contributed by atoms with Crippen molar-refractivity contribution < 1.29 is 14.3 Å². The topological polar surface area (TPSA) is 52.6 Å². The van der Waals surface area contributed by atoms with Crippen LogP contribution in [-0.2, 0) is 4.79 Å². The van der Waals surface area contributed by atoms with E-state index in [0.29, 0.717) is 19.0 Å². The third kappa shape index (κ3) is 3.56. The Morgan fingerprint density at radius 3 is 2.35 bits per heavy atom. The molecule has 0 aromatic heterocycles. The lowest BCUT2D eigenvalue weighted by Crippen LogP contribution is -2.51. The number of hydrogen-bond acceptors (Lipinski definition) is 3. The van der Waals surface area contributed by atoms with E-state index in [1.165, 1.54) is 12.1 Å². The molecule has 2 unspecified atom stereocenters. The van der Waals surface area contributed by atoms with Crippen molar-refractivity contribution in [1.82, 2.24) is 10.2 Å². The average Bonchev–Trinajstić information content (AvgIpc) is 2.53. The molecule has 1 aromatic rings. The van der Waals surface area contributed by atoms with Gasteiger partial charge in [-0.05, 0) is 55.5 Å². The number of benzene rings is 1. The molecule has 0 spiro atoms. The third-order valence-corrected chi connectivity index (χ3v) is 5.42. The van der Waals surface area contributed by atoms with E-state index in [2.05, 4.69) is 5.32 Å². The Hall–Kier alpha value is -1.46. The molecule has 0 bridgehead atoms. The van der Waals surface area contributed by atoms with E-state index < -0.39 is 6.10 Å². The Labute approximate surface area is 136 Å². The number of nitrogens with zero attached hydrogens (tertiary/aromatic N) is 1. The highest BCUT2D eigenvalue weighted by Crippen LogP contribution is 2.31. The number of hydrogen-bond donors (Lipinski definition) is 2. The second-order valence-corrected chi connectivity index (χ2v) is 6.87. The zero-order chi connectivity index (χ0) is 16.4. The molecule has 2 heterocycles. The maximum Gasteiger partial charge on any atom is 0.225 e.